The number of furan rings is 2. The minimum atomic E-state index is -0.366. The highest BCUT2D eigenvalue weighted by molar-refractivity contribution is 6.12. The zero-order chi connectivity index (χ0) is 42.7. The first-order valence-electron chi connectivity index (χ1n) is 21.5. The summed E-state index contributed by atoms with van der Waals surface area (Å²) in [6.45, 7) is 0. The molecule has 12 rings (SSSR count). The molecular weight excluding hydrogens is 701 g/mol. The molecule has 0 unspecified atom stereocenters. The van der Waals surface area contributed by atoms with Gasteiger partial charge in [-0.1, -0.05) is 139 Å². The zero-order valence-corrected chi connectivity index (χ0v) is 30.0. The molecule has 4 heterocycles. The van der Waals surface area contributed by atoms with Gasteiger partial charge in [0.2, 0.25) is 0 Å². The van der Waals surface area contributed by atoms with Crippen molar-refractivity contribution in [1.82, 2.24) is 19.5 Å². The predicted molar refractivity (Wildman–Crippen MR) is 230 cm³/mol. The molecule has 0 saturated carbocycles. The first-order chi connectivity index (χ1) is 30.7. The van der Waals surface area contributed by atoms with Gasteiger partial charge >= 0.3 is 0 Å². The van der Waals surface area contributed by atoms with Crippen molar-refractivity contribution in [1.29, 1.82) is 0 Å². The van der Waals surface area contributed by atoms with Gasteiger partial charge in [-0.2, -0.15) is 0 Å². The Kier molecular flexibility index (Phi) is 5.64. The van der Waals surface area contributed by atoms with E-state index in [9.17, 15) is 1.37 Å². The number of fused-ring (bicyclic) bond motifs is 9. The number of para-hydroxylation sites is 5. The zero-order valence-electron chi connectivity index (χ0n) is 36.0. The second kappa shape index (κ2) is 12.3. The summed E-state index contributed by atoms with van der Waals surface area (Å²) in [7, 11) is 0. The molecule has 0 fully saturated rings. The van der Waals surface area contributed by atoms with Crippen LogP contribution >= 0.6 is 0 Å². The lowest BCUT2D eigenvalue weighted by Gasteiger charge is -2.16. The van der Waals surface area contributed by atoms with E-state index in [2.05, 4.69) is 16.7 Å². The average Bonchev–Trinajstić information content (AvgIpc) is 4.01. The van der Waals surface area contributed by atoms with Crippen LogP contribution in [0.5, 0.6) is 0 Å². The SMILES string of the molecule is [2H]c1cc([2H])c2oc3c(-c4ccc(-c5nc(-c6ccccc6)nc(-c6ccc7c(c6)oc6ccccc67)n5)cc4-n4c5ccccc5c5ccccc54)c([2H])c([2H])c([2H])c3c2c1[2H]. The fraction of sp³-hybridized carbons (Fsp3) is 0. The molecule has 0 atom stereocenters. The van der Waals surface area contributed by atoms with Gasteiger partial charge < -0.3 is 13.4 Å². The molecular formula is C51H30N4O2. The average molecular weight is 737 g/mol. The van der Waals surface area contributed by atoms with Crippen LogP contribution < -0.4 is 0 Å². The minimum Gasteiger partial charge on any atom is -0.456 e. The molecule has 57 heavy (non-hydrogen) atoms. The smallest absolute Gasteiger partial charge is 0.164 e. The van der Waals surface area contributed by atoms with Crippen molar-refractivity contribution < 1.29 is 17.1 Å². The normalized spacial score (nSPS) is 13.3. The fourth-order valence-electron chi connectivity index (χ4n) is 8.02. The monoisotopic (exact) mass is 736 g/mol. The first kappa shape index (κ1) is 26.1. The van der Waals surface area contributed by atoms with Gasteiger partial charge in [-0.3, -0.25) is 0 Å². The van der Waals surface area contributed by atoms with Crippen LogP contribution in [0.1, 0.15) is 8.22 Å². The number of rotatable bonds is 5. The summed E-state index contributed by atoms with van der Waals surface area (Å²) in [5.74, 6) is 1.30. The molecule has 0 aliphatic carbocycles. The third kappa shape index (κ3) is 4.94. The topological polar surface area (TPSA) is 69.9 Å². The number of nitrogens with zero attached hydrogens (tertiary/aromatic N) is 4. The van der Waals surface area contributed by atoms with Gasteiger partial charge in [-0.25, -0.2) is 15.0 Å². The van der Waals surface area contributed by atoms with Gasteiger partial charge in [0.15, 0.2) is 17.5 Å². The van der Waals surface area contributed by atoms with E-state index >= 15 is 0 Å². The third-order valence-electron chi connectivity index (χ3n) is 10.6. The lowest BCUT2D eigenvalue weighted by atomic mass is 9.98. The second-order valence-corrected chi connectivity index (χ2v) is 13.9. The van der Waals surface area contributed by atoms with E-state index in [1.165, 1.54) is 6.07 Å². The lowest BCUT2D eigenvalue weighted by molar-refractivity contribution is 0.669. The molecule has 266 valence electrons. The fourth-order valence-corrected chi connectivity index (χ4v) is 8.02. The molecule has 6 nitrogen and oxygen atoms in total. The van der Waals surface area contributed by atoms with E-state index in [4.69, 9.17) is 30.6 Å². The summed E-state index contributed by atoms with van der Waals surface area (Å²) in [6.07, 6.45) is 0. The van der Waals surface area contributed by atoms with E-state index in [1.807, 2.05) is 127 Å². The quantitative estimate of drug-likeness (QED) is 0.176. The van der Waals surface area contributed by atoms with Crippen LogP contribution in [0.2, 0.25) is 0 Å². The Hall–Kier alpha value is -7.83. The van der Waals surface area contributed by atoms with Crippen molar-refractivity contribution in [3.63, 3.8) is 0 Å². The Morgan fingerprint density at radius 1 is 0.404 bits per heavy atom. The number of benzene rings is 8. The molecule has 6 heteroatoms. The highest BCUT2D eigenvalue weighted by atomic mass is 16.3. The number of hydrogen-bond donors (Lipinski definition) is 0. The van der Waals surface area contributed by atoms with Crippen molar-refractivity contribution in [2.24, 2.45) is 0 Å². The van der Waals surface area contributed by atoms with Crippen LogP contribution in [0.4, 0.5) is 0 Å². The molecule has 8 aromatic carbocycles. The molecule has 0 amide bonds. The molecule has 0 bridgehead atoms. The van der Waals surface area contributed by atoms with Gasteiger partial charge in [0.25, 0.3) is 0 Å². The largest absolute Gasteiger partial charge is 0.456 e. The Labute approximate surface area is 334 Å². The Morgan fingerprint density at radius 2 is 1.04 bits per heavy atom. The lowest BCUT2D eigenvalue weighted by Crippen LogP contribution is -2.02. The van der Waals surface area contributed by atoms with Gasteiger partial charge in [0.1, 0.15) is 22.3 Å². The van der Waals surface area contributed by atoms with Crippen LogP contribution in [-0.4, -0.2) is 19.5 Å². The number of hydrogen-bond acceptors (Lipinski definition) is 5. The van der Waals surface area contributed by atoms with Gasteiger partial charge in [-0.15, -0.1) is 0 Å². The molecule has 12 aromatic rings. The maximum atomic E-state index is 9.44. The summed E-state index contributed by atoms with van der Waals surface area (Å²) < 4.78 is 68.2. The van der Waals surface area contributed by atoms with E-state index < -0.39 is 0 Å². The second-order valence-electron chi connectivity index (χ2n) is 13.9. The molecule has 0 spiro atoms. The standard InChI is InChI=1S/C51H30N4O2/c1-2-13-31(14-3-1)49-52-50(54-51(53-49)33-26-28-39-37-17-6-10-23-45(37)56-47(39)30-33)32-25-27-36(40-19-12-20-41-38-18-7-11-24-46(38)57-48(40)41)44(29-32)55-42-21-8-4-15-34(42)35-16-5-9-22-43(35)55/h1-30H/i7D,12D,18D,19D,20D,24D. The van der Waals surface area contributed by atoms with Crippen LogP contribution in [0, 0.1) is 0 Å². The van der Waals surface area contributed by atoms with Gasteiger partial charge in [0, 0.05) is 60.1 Å². The summed E-state index contributed by atoms with van der Waals surface area (Å²) in [5, 5.41) is 4.22. The minimum absolute atomic E-state index is 0.0211. The van der Waals surface area contributed by atoms with Gasteiger partial charge in [0.05, 0.1) is 24.9 Å². The Balaban J connectivity index is 1.16. The van der Waals surface area contributed by atoms with Gasteiger partial charge in [-0.05, 0) is 42.4 Å². The van der Waals surface area contributed by atoms with Crippen LogP contribution in [0.15, 0.2) is 191 Å². The molecule has 0 aliphatic heterocycles. The van der Waals surface area contributed by atoms with Crippen molar-refractivity contribution in [2.75, 3.05) is 0 Å². The van der Waals surface area contributed by atoms with Crippen LogP contribution in [0.25, 0.3) is 117 Å². The highest BCUT2D eigenvalue weighted by Gasteiger charge is 2.21. The van der Waals surface area contributed by atoms with Crippen molar-refractivity contribution in [2.45, 2.75) is 0 Å². The summed E-state index contributed by atoms with van der Waals surface area (Å²) >= 11 is 0. The molecule has 0 N–H and O–H groups in total. The van der Waals surface area contributed by atoms with Crippen LogP contribution in [0.3, 0.4) is 0 Å². The first-order valence-corrected chi connectivity index (χ1v) is 18.5. The summed E-state index contributed by atoms with van der Waals surface area (Å²) in [5.41, 5.74) is 6.89. The van der Waals surface area contributed by atoms with Crippen molar-refractivity contribution >= 4 is 65.7 Å². The Morgan fingerprint density at radius 3 is 1.82 bits per heavy atom. The number of aromatic nitrogens is 4. The predicted octanol–water partition coefficient (Wildman–Crippen LogP) is 13.4. The van der Waals surface area contributed by atoms with Crippen molar-refractivity contribution in [3.8, 4) is 51.0 Å². The molecule has 0 aliphatic rings. The molecule has 4 aromatic heterocycles. The molecule has 0 radical (unpaired) electrons. The summed E-state index contributed by atoms with van der Waals surface area (Å²) in [6, 6.07) is 45.2. The summed E-state index contributed by atoms with van der Waals surface area (Å²) in [4.78, 5) is 15.2. The van der Waals surface area contributed by atoms with Crippen molar-refractivity contribution in [3.05, 3.63) is 182 Å². The Bertz CT molecular complexity index is 3840. The molecule has 0 saturated heterocycles. The third-order valence-corrected chi connectivity index (χ3v) is 10.6. The maximum Gasteiger partial charge on any atom is 0.164 e. The highest BCUT2D eigenvalue weighted by Crippen LogP contribution is 2.42. The van der Waals surface area contributed by atoms with E-state index in [-0.39, 0.29) is 63.8 Å². The maximum absolute atomic E-state index is 9.44. The van der Waals surface area contributed by atoms with E-state index in [0.717, 1.165) is 49.3 Å². The van der Waals surface area contributed by atoms with Crippen LogP contribution in [-0.2, 0) is 0 Å². The van der Waals surface area contributed by atoms with E-state index in [1.54, 1.807) is 0 Å². The van der Waals surface area contributed by atoms with E-state index in [0.29, 0.717) is 39.9 Å².